The van der Waals surface area contributed by atoms with Gasteiger partial charge in [-0.25, -0.2) is 9.97 Å². The van der Waals surface area contributed by atoms with Gasteiger partial charge in [0.25, 0.3) is 0 Å². The van der Waals surface area contributed by atoms with Gasteiger partial charge in [0.15, 0.2) is 0 Å². The van der Waals surface area contributed by atoms with Crippen LogP contribution in [-0.2, 0) is 0 Å². The molecular weight excluding hydrogens is 236 g/mol. The molecular formula is C15H18N4. The van der Waals surface area contributed by atoms with Crippen LogP contribution in [0.4, 0.5) is 11.6 Å². The summed E-state index contributed by atoms with van der Waals surface area (Å²) in [6.45, 7) is 3.07. The first-order chi connectivity index (χ1) is 9.31. The van der Waals surface area contributed by atoms with E-state index in [2.05, 4.69) is 26.7 Å². The van der Waals surface area contributed by atoms with Crippen LogP contribution in [0.2, 0.25) is 0 Å². The number of hydrogen-bond donors (Lipinski definition) is 2. The van der Waals surface area contributed by atoms with Gasteiger partial charge in [-0.3, -0.25) is 0 Å². The van der Waals surface area contributed by atoms with Gasteiger partial charge in [-0.1, -0.05) is 12.1 Å². The van der Waals surface area contributed by atoms with Crippen LogP contribution in [0.3, 0.4) is 0 Å². The van der Waals surface area contributed by atoms with Gasteiger partial charge in [-0.15, -0.1) is 0 Å². The number of anilines is 2. The zero-order valence-corrected chi connectivity index (χ0v) is 11.1. The van der Waals surface area contributed by atoms with Crippen molar-refractivity contribution >= 4 is 11.6 Å². The van der Waals surface area contributed by atoms with Crippen LogP contribution in [-0.4, -0.2) is 16.5 Å². The number of aryl methyl sites for hydroxylation is 1. The number of nitrogens with zero attached hydrogens (tertiary/aromatic N) is 2. The number of aromatic nitrogens is 2. The molecule has 0 aromatic carbocycles. The van der Waals surface area contributed by atoms with Crippen LogP contribution in [0.5, 0.6) is 0 Å². The predicted molar refractivity (Wildman–Crippen MR) is 76.5 cm³/mol. The molecule has 2 aromatic heterocycles. The first-order valence-corrected chi connectivity index (χ1v) is 6.72. The van der Waals surface area contributed by atoms with E-state index in [0.29, 0.717) is 6.04 Å². The fourth-order valence-electron chi connectivity index (χ4n) is 2.40. The molecule has 1 atom stereocenters. The second kappa shape index (κ2) is 5.36. The summed E-state index contributed by atoms with van der Waals surface area (Å²) < 4.78 is 0. The van der Waals surface area contributed by atoms with Crippen molar-refractivity contribution in [2.45, 2.75) is 25.8 Å². The summed E-state index contributed by atoms with van der Waals surface area (Å²) in [7, 11) is 0. The highest BCUT2D eigenvalue weighted by atomic mass is 15.1. The predicted octanol–water partition coefficient (Wildman–Crippen LogP) is 2.95. The normalized spacial score (nSPS) is 18.5. The van der Waals surface area contributed by atoms with Crippen LogP contribution in [0, 0.1) is 6.92 Å². The summed E-state index contributed by atoms with van der Waals surface area (Å²) in [6, 6.07) is 12.4. The molecule has 3 heterocycles. The van der Waals surface area contributed by atoms with Crippen LogP contribution in [0.15, 0.2) is 36.4 Å². The van der Waals surface area contributed by atoms with Gasteiger partial charge >= 0.3 is 0 Å². The summed E-state index contributed by atoms with van der Waals surface area (Å²) in [4.78, 5) is 9.10. The SMILES string of the molecule is Cc1cccc(Nc2cccc([C@H]3CCCN3)n2)n1. The van der Waals surface area contributed by atoms with Crippen molar-refractivity contribution in [1.82, 2.24) is 15.3 Å². The van der Waals surface area contributed by atoms with Gasteiger partial charge in [0.2, 0.25) is 0 Å². The van der Waals surface area contributed by atoms with E-state index in [1.807, 2.05) is 37.3 Å². The molecule has 0 radical (unpaired) electrons. The van der Waals surface area contributed by atoms with Gasteiger partial charge in [0.1, 0.15) is 11.6 Å². The van der Waals surface area contributed by atoms with Crippen molar-refractivity contribution < 1.29 is 0 Å². The van der Waals surface area contributed by atoms with E-state index in [9.17, 15) is 0 Å². The molecule has 0 amide bonds. The lowest BCUT2D eigenvalue weighted by atomic mass is 10.1. The standard InChI is InChI=1S/C15H18N4/c1-11-5-2-8-14(17-11)19-15-9-3-6-13(18-15)12-7-4-10-16-12/h2-3,5-6,8-9,12,16H,4,7,10H2,1H3,(H,17,18,19)/t12-/m1/s1. The van der Waals surface area contributed by atoms with Gasteiger partial charge in [-0.05, 0) is 50.6 Å². The molecule has 0 spiro atoms. The molecule has 2 aromatic rings. The van der Waals surface area contributed by atoms with Crippen molar-refractivity contribution in [3.05, 3.63) is 47.8 Å². The summed E-state index contributed by atoms with van der Waals surface area (Å²) >= 11 is 0. The third-order valence-corrected chi connectivity index (χ3v) is 3.33. The Morgan fingerprint density at radius 3 is 2.63 bits per heavy atom. The van der Waals surface area contributed by atoms with Crippen LogP contribution < -0.4 is 10.6 Å². The molecule has 1 fully saturated rings. The molecule has 0 bridgehead atoms. The minimum absolute atomic E-state index is 0.396. The Hall–Kier alpha value is -1.94. The summed E-state index contributed by atoms with van der Waals surface area (Å²) in [5.41, 5.74) is 2.11. The highest BCUT2D eigenvalue weighted by Crippen LogP contribution is 2.23. The quantitative estimate of drug-likeness (QED) is 0.884. The first-order valence-electron chi connectivity index (χ1n) is 6.72. The van der Waals surface area contributed by atoms with Gasteiger partial charge < -0.3 is 10.6 Å². The molecule has 4 heteroatoms. The van der Waals surface area contributed by atoms with Crippen molar-refractivity contribution in [3.63, 3.8) is 0 Å². The number of pyridine rings is 2. The maximum Gasteiger partial charge on any atom is 0.131 e. The number of rotatable bonds is 3. The van der Waals surface area contributed by atoms with Gasteiger partial charge in [0.05, 0.1) is 5.69 Å². The van der Waals surface area contributed by atoms with Gasteiger partial charge in [-0.2, -0.15) is 0 Å². The van der Waals surface area contributed by atoms with E-state index < -0.39 is 0 Å². The second-order valence-electron chi connectivity index (χ2n) is 4.89. The average Bonchev–Trinajstić information content (AvgIpc) is 2.93. The molecule has 1 aliphatic rings. The van der Waals surface area contributed by atoms with E-state index in [0.717, 1.165) is 29.6 Å². The van der Waals surface area contributed by atoms with E-state index in [1.54, 1.807) is 0 Å². The Morgan fingerprint density at radius 2 is 1.89 bits per heavy atom. The topological polar surface area (TPSA) is 49.8 Å². The molecule has 0 saturated carbocycles. The second-order valence-corrected chi connectivity index (χ2v) is 4.89. The number of nitrogens with one attached hydrogen (secondary N) is 2. The molecule has 4 nitrogen and oxygen atoms in total. The fourth-order valence-corrected chi connectivity index (χ4v) is 2.40. The van der Waals surface area contributed by atoms with Crippen molar-refractivity contribution in [3.8, 4) is 0 Å². The molecule has 1 aliphatic heterocycles. The van der Waals surface area contributed by atoms with Crippen molar-refractivity contribution in [2.75, 3.05) is 11.9 Å². The highest BCUT2D eigenvalue weighted by molar-refractivity contribution is 5.51. The maximum absolute atomic E-state index is 4.67. The van der Waals surface area contributed by atoms with E-state index >= 15 is 0 Å². The Labute approximate surface area is 113 Å². The van der Waals surface area contributed by atoms with Crippen LogP contribution in [0.1, 0.15) is 30.3 Å². The fraction of sp³-hybridized carbons (Fsp3) is 0.333. The maximum atomic E-state index is 4.67. The average molecular weight is 254 g/mol. The molecule has 98 valence electrons. The smallest absolute Gasteiger partial charge is 0.131 e. The molecule has 0 unspecified atom stereocenters. The van der Waals surface area contributed by atoms with Crippen molar-refractivity contribution in [1.29, 1.82) is 0 Å². The van der Waals surface area contributed by atoms with Crippen molar-refractivity contribution in [2.24, 2.45) is 0 Å². The summed E-state index contributed by atoms with van der Waals surface area (Å²) in [6.07, 6.45) is 2.39. The van der Waals surface area contributed by atoms with E-state index in [4.69, 9.17) is 0 Å². The lowest BCUT2D eigenvalue weighted by molar-refractivity contribution is 0.629. The van der Waals surface area contributed by atoms with Crippen LogP contribution >= 0.6 is 0 Å². The number of hydrogen-bond acceptors (Lipinski definition) is 4. The zero-order chi connectivity index (χ0) is 13.1. The first kappa shape index (κ1) is 12.1. The Morgan fingerprint density at radius 1 is 1.11 bits per heavy atom. The largest absolute Gasteiger partial charge is 0.325 e. The summed E-state index contributed by atoms with van der Waals surface area (Å²) in [5.74, 6) is 1.69. The molecule has 2 N–H and O–H groups in total. The molecule has 1 saturated heterocycles. The van der Waals surface area contributed by atoms with Gasteiger partial charge in [0, 0.05) is 11.7 Å². The third-order valence-electron chi connectivity index (χ3n) is 3.33. The highest BCUT2D eigenvalue weighted by Gasteiger charge is 2.17. The minimum atomic E-state index is 0.396. The Kier molecular flexibility index (Phi) is 3.42. The zero-order valence-electron chi connectivity index (χ0n) is 11.1. The summed E-state index contributed by atoms with van der Waals surface area (Å²) in [5, 5.41) is 6.73. The third kappa shape index (κ3) is 2.90. The Balaban J connectivity index is 1.79. The van der Waals surface area contributed by atoms with E-state index in [-0.39, 0.29) is 0 Å². The molecule has 3 rings (SSSR count). The van der Waals surface area contributed by atoms with Crippen LogP contribution in [0.25, 0.3) is 0 Å². The molecule has 19 heavy (non-hydrogen) atoms. The Bertz CT molecular complexity index is 562. The molecule has 0 aliphatic carbocycles. The lowest BCUT2D eigenvalue weighted by Gasteiger charge is -2.11. The van der Waals surface area contributed by atoms with E-state index in [1.165, 1.54) is 12.8 Å². The lowest BCUT2D eigenvalue weighted by Crippen LogP contribution is -2.14. The monoisotopic (exact) mass is 254 g/mol. The minimum Gasteiger partial charge on any atom is -0.325 e.